The van der Waals surface area contributed by atoms with Gasteiger partial charge in [-0.2, -0.15) is 0 Å². The van der Waals surface area contributed by atoms with Gasteiger partial charge in [-0.3, -0.25) is 10.1 Å². The Balaban J connectivity index is 2.67. The third-order valence-corrected chi connectivity index (χ3v) is 3.84. The average Bonchev–Trinajstić information content (AvgIpc) is 2.48. The van der Waals surface area contributed by atoms with Crippen molar-refractivity contribution in [1.82, 2.24) is 10.6 Å². The standard InChI is InChI=1S/C13H12BrN3O6/c1-5-9(12(19)23-2)10(16-13(20)15-5)7-3-6(17(21)22)4-8(14)11(7)18/h3-4,10,18H,1-2H3,(H2,15,16,20)/p-1/t10-/m1/s1. The number of amides is 2. The lowest BCUT2D eigenvalue weighted by Crippen LogP contribution is -2.45. The van der Waals surface area contributed by atoms with Gasteiger partial charge in [0.2, 0.25) is 0 Å². The molecule has 0 spiro atoms. The van der Waals surface area contributed by atoms with Gasteiger partial charge in [-0.05, 0) is 12.5 Å². The van der Waals surface area contributed by atoms with Crippen LogP contribution in [0, 0.1) is 10.1 Å². The minimum Gasteiger partial charge on any atom is -0.871 e. The summed E-state index contributed by atoms with van der Waals surface area (Å²) in [7, 11) is 1.15. The number of allylic oxidation sites excluding steroid dienone is 1. The number of esters is 1. The molecular formula is C13H11BrN3O6-. The normalized spacial score (nSPS) is 17.3. The number of hydrogen-bond donors (Lipinski definition) is 2. The fraction of sp³-hybridized carbons (Fsp3) is 0.231. The molecule has 23 heavy (non-hydrogen) atoms. The monoisotopic (exact) mass is 384 g/mol. The van der Waals surface area contributed by atoms with E-state index in [4.69, 9.17) is 0 Å². The maximum atomic E-state index is 12.3. The van der Waals surface area contributed by atoms with Gasteiger partial charge in [-0.1, -0.05) is 21.7 Å². The molecule has 2 amide bonds. The van der Waals surface area contributed by atoms with Crippen LogP contribution in [0.1, 0.15) is 18.5 Å². The molecule has 1 aromatic carbocycles. The van der Waals surface area contributed by atoms with Crippen LogP contribution in [0.5, 0.6) is 5.75 Å². The van der Waals surface area contributed by atoms with Crippen molar-refractivity contribution in [2.75, 3.05) is 7.11 Å². The summed E-state index contributed by atoms with van der Waals surface area (Å²) in [5.41, 5.74) is -0.258. The summed E-state index contributed by atoms with van der Waals surface area (Å²) in [4.78, 5) is 33.9. The second kappa shape index (κ2) is 6.24. The van der Waals surface area contributed by atoms with E-state index in [9.17, 15) is 24.8 Å². The summed E-state index contributed by atoms with van der Waals surface area (Å²) in [6.45, 7) is 1.47. The first kappa shape index (κ1) is 16.7. The lowest BCUT2D eigenvalue weighted by molar-refractivity contribution is -0.385. The van der Waals surface area contributed by atoms with Gasteiger partial charge in [0.15, 0.2) is 0 Å². The molecule has 10 heteroatoms. The van der Waals surface area contributed by atoms with E-state index in [1.54, 1.807) is 0 Å². The summed E-state index contributed by atoms with van der Waals surface area (Å²) >= 11 is 2.96. The minimum absolute atomic E-state index is 0.00315. The van der Waals surface area contributed by atoms with E-state index in [-0.39, 0.29) is 27.0 Å². The summed E-state index contributed by atoms with van der Waals surface area (Å²) in [5.74, 6) is -1.33. The van der Waals surface area contributed by atoms with Crippen molar-refractivity contribution in [2.45, 2.75) is 13.0 Å². The maximum Gasteiger partial charge on any atom is 0.337 e. The summed E-state index contributed by atoms with van der Waals surface area (Å²) in [5, 5.41) is 28.1. The van der Waals surface area contributed by atoms with Gasteiger partial charge in [-0.25, -0.2) is 9.59 Å². The Hall–Kier alpha value is -2.62. The summed E-state index contributed by atoms with van der Waals surface area (Å²) in [6.07, 6.45) is 0. The van der Waals surface area contributed by atoms with E-state index in [0.29, 0.717) is 0 Å². The van der Waals surface area contributed by atoms with Crippen LogP contribution in [0.15, 0.2) is 27.9 Å². The quantitative estimate of drug-likeness (QED) is 0.457. The molecule has 2 rings (SSSR count). The number of rotatable bonds is 3. The van der Waals surface area contributed by atoms with Crippen LogP contribution in [0.4, 0.5) is 10.5 Å². The highest BCUT2D eigenvalue weighted by atomic mass is 79.9. The highest BCUT2D eigenvalue weighted by molar-refractivity contribution is 9.10. The first-order valence-electron chi connectivity index (χ1n) is 6.27. The van der Waals surface area contributed by atoms with Gasteiger partial charge in [0, 0.05) is 22.3 Å². The Bertz CT molecular complexity index is 745. The molecule has 1 aliphatic heterocycles. The van der Waals surface area contributed by atoms with Gasteiger partial charge >= 0.3 is 12.0 Å². The molecule has 122 valence electrons. The molecular weight excluding hydrogens is 374 g/mol. The Morgan fingerprint density at radius 2 is 2.09 bits per heavy atom. The van der Waals surface area contributed by atoms with Crippen LogP contribution in [0.25, 0.3) is 0 Å². The van der Waals surface area contributed by atoms with E-state index < -0.39 is 28.7 Å². The lowest BCUT2D eigenvalue weighted by Gasteiger charge is -2.30. The smallest absolute Gasteiger partial charge is 0.337 e. The third kappa shape index (κ3) is 3.11. The van der Waals surface area contributed by atoms with Crippen molar-refractivity contribution in [3.05, 3.63) is 43.6 Å². The molecule has 0 saturated carbocycles. The number of carbonyl (C=O) groups is 2. The second-order valence-corrected chi connectivity index (χ2v) is 5.52. The van der Waals surface area contributed by atoms with Crippen LogP contribution in [-0.2, 0) is 9.53 Å². The molecule has 0 aromatic heterocycles. The zero-order valence-electron chi connectivity index (χ0n) is 12.0. The topological polar surface area (TPSA) is 134 Å². The first-order valence-corrected chi connectivity index (χ1v) is 7.07. The van der Waals surface area contributed by atoms with Gasteiger partial charge in [0.1, 0.15) is 0 Å². The molecule has 1 aromatic rings. The van der Waals surface area contributed by atoms with Crippen LogP contribution in [0.3, 0.4) is 0 Å². The minimum atomic E-state index is -1.15. The van der Waals surface area contributed by atoms with Crippen molar-refractivity contribution in [1.29, 1.82) is 0 Å². The molecule has 1 atom stereocenters. The fourth-order valence-corrected chi connectivity index (χ4v) is 2.69. The highest BCUT2D eigenvalue weighted by Gasteiger charge is 2.33. The number of benzene rings is 1. The van der Waals surface area contributed by atoms with Crippen molar-refractivity contribution >= 4 is 33.6 Å². The number of halogens is 1. The number of nitro benzene ring substituents is 1. The third-order valence-electron chi connectivity index (χ3n) is 3.25. The summed E-state index contributed by atoms with van der Waals surface area (Å²) in [6, 6.07) is 0.296. The highest BCUT2D eigenvalue weighted by Crippen LogP contribution is 2.38. The van der Waals surface area contributed by atoms with Gasteiger partial charge < -0.3 is 20.5 Å². The number of nitrogens with zero attached hydrogens (tertiary/aromatic N) is 1. The molecule has 0 radical (unpaired) electrons. The molecule has 0 unspecified atom stereocenters. The second-order valence-electron chi connectivity index (χ2n) is 4.66. The molecule has 1 aliphatic rings. The van der Waals surface area contributed by atoms with Crippen LogP contribution in [0.2, 0.25) is 0 Å². The predicted molar refractivity (Wildman–Crippen MR) is 79.4 cm³/mol. The van der Waals surface area contributed by atoms with Gasteiger partial charge in [-0.15, -0.1) is 0 Å². The van der Waals surface area contributed by atoms with Crippen LogP contribution >= 0.6 is 15.9 Å². The van der Waals surface area contributed by atoms with Crippen molar-refractivity contribution < 1.29 is 24.4 Å². The van der Waals surface area contributed by atoms with Gasteiger partial charge in [0.05, 0.1) is 23.6 Å². The van der Waals surface area contributed by atoms with E-state index >= 15 is 0 Å². The SMILES string of the molecule is COC(=O)C1=C(C)NC(=O)N[C@@H]1c1cc([N+](=O)[O-])cc(Br)c1[O-]. The fourth-order valence-electron chi connectivity index (χ4n) is 2.23. The van der Waals surface area contributed by atoms with Gasteiger partial charge in [0.25, 0.3) is 5.69 Å². The van der Waals surface area contributed by atoms with E-state index in [0.717, 1.165) is 19.2 Å². The largest absolute Gasteiger partial charge is 0.871 e. The molecule has 0 fully saturated rings. The van der Waals surface area contributed by atoms with Crippen LogP contribution < -0.4 is 15.7 Å². The number of non-ortho nitro benzene ring substituents is 1. The Labute approximate surface area is 138 Å². The zero-order valence-corrected chi connectivity index (χ0v) is 13.6. The van der Waals surface area contributed by atoms with Crippen molar-refractivity contribution in [3.63, 3.8) is 0 Å². The molecule has 0 bridgehead atoms. The number of nitrogens with one attached hydrogen (secondary N) is 2. The number of urea groups is 1. The average molecular weight is 385 g/mol. The Morgan fingerprint density at radius 3 is 2.65 bits per heavy atom. The maximum absolute atomic E-state index is 12.3. The molecule has 1 heterocycles. The first-order chi connectivity index (χ1) is 10.8. The zero-order chi connectivity index (χ0) is 17.3. The van der Waals surface area contributed by atoms with Crippen molar-refractivity contribution in [3.8, 4) is 5.75 Å². The Morgan fingerprint density at radius 1 is 1.43 bits per heavy atom. The lowest BCUT2D eigenvalue weighted by atomic mass is 9.94. The predicted octanol–water partition coefficient (Wildman–Crippen LogP) is 1.23. The van der Waals surface area contributed by atoms with E-state index in [1.807, 2.05) is 0 Å². The number of ether oxygens (including phenoxy) is 1. The number of hydrogen-bond acceptors (Lipinski definition) is 6. The molecule has 0 aliphatic carbocycles. The molecule has 2 N–H and O–H groups in total. The summed E-state index contributed by atoms with van der Waals surface area (Å²) < 4.78 is 4.61. The Kier molecular flexibility index (Phi) is 4.55. The van der Waals surface area contributed by atoms with E-state index in [2.05, 4.69) is 31.3 Å². The van der Waals surface area contributed by atoms with E-state index in [1.165, 1.54) is 6.92 Å². The number of nitro groups is 1. The van der Waals surface area contributed by atoms with Crippen LogP contribution in [-0.4, -0.2) is 24.0 Å². The van der Waals surface area contributed by atoms with Crippen molar-refractivity contribution in [2.24, 2.45) is 0 Å². The molecule has 0 saturated heterocycles. The number of methoxy groups -OCH3 is 1. The molecule has 9 nitrogen and oxygen atoms in total. The number of carbonyl (C=O) groups excluding carboxylic acids is 2.